The van der Waals surface area contributed by atoms with Crippen LogP contribution in [0.3, 0.4) is 0 Å². The minimum Gasteiger partial charge on any atom is -0.328 e. The summed E-state index contributed by atoms with van der Waals surface area (Å²) in [6.07, 6.45) is 5.40. The molecule has 0 saturated heterocycles. The quantitative estimate of drug-likeness (QED) is 0.886. The SMILES string of the molecule is CCC(c1ccccc1F)N(CC)C1CCC(N)CC1. The van der Waals surface area contributed by atoms with Crippen molar-refractivity contribution in [2.45, 2.75) is 64.1 Å². The largest absolute Gasteiger partial charge is 0.328 e. The molecular formula is C17H27FN2. The first-order valence-electron chi connectivity index (χ1n) is 7.93. The summed E-state index contributed by atoms with van der Waals surface area (Å²) in [5.41, 5.74) is 6.84. The van der Waals surface area contributed by atoms with E-state index in [1.807, 2.05) is 12.1 Å². The second-order valence-corrected chi connectivity index (χ2v) is 5.84. The zero-order valence-electron chi connectivity index (χ0n) is 12.7. The van der Waals surface area contributed by atoms with Crippen molar-refractivity contribution in [2.75, 3.05) is 6.54 Å². The van der Waals surface area contributed by atoms with Crippen molar-refractivity contribution in [1.82, 2.24) is 4.90 Å². The van der Waals surface area contributed by atoms with E-state index in [1.165, 1.54) is 0 Å². The maximum Gasteiger partial charge on any atom is 0.127 e. The smallest absolute Gasteiger partial charge is 0.127 e. The summed E-state index contributed by atoms with van der Waals surface area (Å²) in [4.78, 5) is 2.48. The predicted molar refractivity (Wildman–Crippen MR) is 82.0 cm³/mol. The molecule has 2 rings (SSSR count). The minimum absolute atomic E-state index is 0.0784. The molecule has 1 aromatic carbocycles. The summed E-state index contributed by atoms with van der Waals surface area (Å²) in [7, 11) is 0. The molecule has 2 nitrogen and oxygen atoms in total. The second kappa shape index (κ2) is 7.19. The average molecular weight is 278 g/mol. The molecule has 0 aromatic heterocycles. The van der Waals surface area contributed by atoms with E-state index in [2.05, 4.69) is 18.7 Å². The van der Waals surface area contributed by atoms with E-state index >= 15 is 0 Å². The Morgan fingerprint density at radius 1 is 1.20 bits per heavy atom. The highest BCUT2D eigenvalue weighted by Crippen LogP contribution is 2.32. The van der Waals surface area contributed by atoms with Crippen LogP contribution in [0.25, 0.3) is 0 Å². The lowest BCUT2D eigenvalue weighted by molar-refractivity contribution is 0.101. The first-order chi connectivity index (χ1) is 9.67. The molecular weight excluding hydrogens is 251 g/mol. The Labute approximate surface area is 122 Å². The summed E-state index contributed by atoms with van der Waals surface area (Å²) in [5.74, 6) is -0.0784. The fraction of sp³-hybridized carbons (Fsp3) is 0.647. The molecule has 1 atom stereocenters. The van der Waals surface area contributed by atoms with Crippen LogP contribution in [0.4, 0.5) is 4.39 Å². The Bertz CT molecular complexity index is 413. The molecule has 1 aliphatic rings. The van der Waals surface area contributed by atoms with Crippen molar-refractivity contribution in [3.05, 3.63) is 35.6 Å². The lowest BCUT2D eigenvalue weighted by atomic mass is 9.88. The molecule has 1 unspecified atom stereocenters. The van der Waals surface area contributed by atoms with Crippen LogP contribution in [0, 0.1) is 5.82 Å². The molecule has 1 aliphatic carbocycles. The number of halogens is 1. The molecule has 0 heterocycles. The van der Waals surface area contributed by atoms with Gasteiger partial charge in [0.1, 0.15) is 5.82 Å². The van der Waals surface area contributed by atoms with Crippen molar-refractivity contribution in [3.8, 4) is 0 Å². The molecule has 0 radical (unpaired) electrons. The maximum atomic E-state index is 14.1. The highest BCUT2D eigenvalue weighted by Gasteiger charge is 2.29. The Balaban J connectivity index is 2.17. The van der Waals surface area contributed by atoms with Crippen molar-refractivity contribution >= 4 is 0 Å². The van der Waals surface area contributed by atoms with Gasteiger partial charge in [-0.3, -0.25) is 4.90 Å². The number of benzene rings is 1. The number of nitrogens with two attached hydrogens (primary N) is 1. The first-order valence-corrected chi connectivity index (χ1v) is 7.93. The Morgan fingerprint density at radius 2 is 1.85 bits per heavy atom. The highest BCUT2D eigenvalue weighted by atomic mass is 19.1. The predicted octanol–water partition coefficient (Wildman–Crippen LogP) is 3.87. The van der Waals surface area contributed by atoms with E-state index in [1.54, 1.807) is 12.1 Å². The van der Waals surface area contributed by atoms with E-state index in [-0.39, 0.29) is 11.9 Å². The van der Waals surface area contributed by atoms with Crippen molar-refractivity contribution in [3.63, 3.8) is 0 Å². The van der Waals surface area contributed by atoms with Crippen molar-refractivity contribution < 1.29 is 4.39 Å². The molecule has 0 bridgehead atoms. The molecule has 0 spiro atoms. The summed E-state index contributed by atoms with van der Waals surface area (Å²) in [5, 5.41) is 0. The fourth-order valence-corrected chi connectivity index (χ4v) is 3.54. The molecule has 3 heteroatoms. The molecule has 2 N–H and O–H groups in total. The number of rotatable bonds is 5. The molecule has 0 aliphatic heterocycles. The molecule has 112 valence electrons. The van der Waals surface area contributed by atoms with Gasteiger partial charge in [0.25, 0.3) is 0 Å². The van der Waals surface area contributed by atoms with Gasteiger partial charge in [-0.25, -0.2) is 4.39 Å². The Kier molecular flexibility index (Phi) is 5.55. The van der Waals surface area contributed by atoms with Crippen molar-refractivity contribution in [1.29, 1.82) is 0 Å². The summed E-state index contributed by atoms with van der Waals surface area (Å²) in [6, 6.07) is 8.29. The van der Waals surface area contributed by atoms with Gasteiger partial charge in [-0.1, -0.05) is 32.0 Å². The summed E-state index contributed by atoms with van der Waals surface area (Å²) >= 11 is 0. The van der Waals surface area contributed by atoms with E-state index in [0.29, 0.717) is 12.1 Å². The van der Waals surface area contributed by atoms with Crippen LogP contribution in [0.2, 0.25) is 0 Å². The zero-order valence-corrected chi connectivity index (χ0v) is 12.7. The third-order valence-electron chi connectivity index (χ3n) is 4.63. The van der Waals surface area contributed by atoms with Crippen LogP contribution in [0.1, 0.15) is 57.6 Å². The highest BCUT2D eigenvalue weighted by molar-refractivity contribution is 5.21. The van der Waals surface area contributed by atoms with Crippen LogP contribution in [0.15, 0.2) is 24.3 Å². The third kappa shape index (κ3) is 3.39. The summed E-state index contributed by atoms with van der Waals surface area (Å²) in [6.45, 7) is 5.29. The standard InChI is InChI=1S/C17H27FN2/c1-3-17(15-7-5-6-8-16(15)18)20(4-2)14-11-9-13(19)10-12-14/h5-8,13-14,17H,3-4,9-12,19H2,1-2H3. The number of nitrogens with zero attached hydrogens (tertiary/aromatic N) is 1. The van der Waals surface area contributed by atoms with Crippen molar-refractivity contribution in [2.24, 2.45) is 5.73 Å². The molecule has 1 fully saturated rings. The normalized spacial score (nSPS) is 24.9. The van der Waals surface area contributed by atoms with Crippen LogP contribution in [-0.4, -0.2) is 23.5 Å². The van der Waals surface area contributed by atoms with Gasteiger partial charge in [0.2, 0.25) is 0 Å². The van der Waals surface area contributed by atoms with E-state index in [4.69, 9.17) is 5.73 Å². The van der Waals surface area contributed by atoms with Crippen LogP contribution in [0.5, 0.6) is 0 Å². The van der Waals surface area contributed by atoms with Gasteiger partial charge in [-0.2, -0.15) is 0 Å². The van der Waals surface area contributed by atoms with Gasteiger partial charge < -0.3 is 5.73 Å². The monoisotopic (exact) mass is 278 g/mol. The van der Waals surface area contributed by atoms with Gasteiger partial charge >= 0.3 is 0 Å². The molecule has 0 amide bonds. The van der Waals surface area contributed by atoms with E-state index < -0.39 is 0 Å². The minimum atomic E-state index is -0.0784. The zero-order chi connectivity index (χ0) is 14.5. The Hall–Kier alpha value is -0.930. The van der Waals surface area contributed by atoms with Gasteiger partial charge in [0.15, 0.2) is 0 Å². The average Bonchev–Trinajstić information content (AvgIpc) is 2.47. The fourth-order valence-electron chi connectivity index (χ4n) is 3.54. The Morgan fingerprint density at radius 3 is 2.40 bits per heavy atom. The molecule has 1 aromatic rings. The van der Waals surface area contributed by atoms with Crippen LogP contribution < -0.4 is 5.73 Å². The third-order valence-corrected chi connectivity index (χ3v) is 4.63. The van der Waals surface area contributed by atoms with E-state index in [0.717, 1.165) is 44.2 Å². The van der Waals surface area contributed by atoms with Gasteiger partial charge in [-0.05, 0) is 44.7 Å². The maximum absolute atomic E-state index is 14.1. The topological polar surface area (TPSA) is 29.3 Å². The molecule has 1 saturated carbocycles. The van der Waals surface area contributed by atoms with Gasteiger partial charge in [0, 0.05) is 23.7 Å². The van der Waals surface area contributed by atoms with Crippen LogP contribution in [-0.2, 0) is 0 Å². The number of hydrogen-bond acceptors (Lipinski definition) is 2. The lowest BCUT2D eigenvalue weighted by Gasteiger charge is -2.40. The number of hydrogen-bond donors (Lipinski definition) is 1. The lowest BCUT2D eigenvalue weighted by Crippen LogP contribution is -2.42. The molecule has 20 heavy (non-hydrogen) atoms. The van der Waals surface area contributed by atoms with Crippen LogP contribution >= 0.6 is 0 Å². The summed E-state index contributed by atoms with van der Waals surface area (Å²) < 4.78 is 14.1. The second-order valence-electron chi connectivity index (χ2n) is 5.84. The van der Waals surface area contributed by atoms with Gasteiger partial charge in [0.05, 0.1) is 0 Å². The van der Waals surface area contributed by atoms with Gasteiger partial charge in [-0.15, -0.1) is 0 Å². The van der Waals surface area contributed by atoms with E-state index in [9.17, 15) is 4.39 Å². The first kappa shape index (κ1) is 15.5.